The fraction of sp³-hybridized carbons (Fsp3) is 0.588. The van der Waals surface area contributed by atoms with Gasteiger partial charge >= 0.3 is 5.97 Å². The molecule has 142 valence electrons. The molecule has 2 aliphatic rings. The molecule has 2 aliphatic heterocycles. The first-order valence-electron chi connectivity index (χ1n) is 8.77. The molecule has 0 aromatic carbocycles. The van der Waals surface area contributed by atoms with Gasteiger partial charge in [-0.25, -0.2) is 4.39 Å². The summed E-state index contributed by atoms with van der Waals surface area (Å²) in [5, 5.41) is 23.6. The van der Waals surface area contributed by atoms with Crippen molar-refractivity contribution in [1.82, 2.24) is 15.2 Å². The van der Waals surface area contributed by atoms with Crippen LogP contribution in [0.2, 0.25) is 0 Å². The molecule has 2 saturated heterocycles. The third-order valence-corrected chi connectivity index (χ3v) is 4.90. The Morgan fingerprint density at radius 2 is 2.08 bits per heavy atom. The highest BCUT2D eigenvalue weighted by Gasteiger charge is 2.28. The smallest absolute Gasteiger partial charge is 0.317 e. The van der Waals surface area contributed by atoms with Crippen LogP contribution < -0.4 is 10.6 Å². The van der Waals surface area contributed by atoms with Gasteiger partial charge in [0.2, 0.25) is 5.91 Å². The maximum absolute atomic E-state index is 14.5. The number of carboxylic acid groups (broad SMARTS) is 1. The van der Waals surface area contributed by atoms with Crippen molar-refractivity contribution in [2.75, 3.05) is 25.0 Å². The number of aliphatic carboxylic acids is 1. The van der Waals surface area contributed by atoms with E-state index in [0.29, 0.717) is 50.2 Å². The highest BCUT2D eigenvalue weighted by atomic mass is 19.1. The lowest BCUT2D eigenvalue weighted by atomic mass is 9.92. The summed E-state index contributed by atoms with van der Waals surface area (Å²) in [6.45, 7) is 1.20. The van der Waals surface area contributed by atoms with Gasteiger partial charge in [0.15, 0.2) is 0 Å². The number of likely N-dealkylation sites (tertiary alicyclic amines) is 1. The zero-order chi connectivity index (χ0) is 18.7. The Labute approximate surface area is 150 Å². The number of carbonyl (C=O) groups is 2. The van der Waals surface area contributed by atoms with Gasteiger partial charge in [-0.05, 0) is 38.8 Å². The Morgan fingerprint density at radius 3 is 2.69 bits per heavy atom. The topological polar surface area (TPSA) is 115 Å². The molecule has 0 aliphatic carbocycles. The summed E-state index contributed by atoms with van der Waals surface area (Å²) in [4.78, 5) is 28.6. The first-order valence-corrected chi connectivity index (χ1v) is 8.77. The molecule has 3 rings (SSSR count). The van der Waals surface area contributed by atoms with E-state index in [4.69, 9.17) is 5.11 Å². The maximum Gasteiger partial charge on any atom is 0.317 e. The minimum Gasteiger partial charge on any atom is -0.480 e. The average molecular weight is 366 g/mol. The van der Waals surface area contributed by atoms with Crippen molar-refractivity contribution in [3.63, 3.8) is 0 Å². The van der Waals surface area contributed by atoms with E-state index < -0.39 is 24.1 Å². The second-order valence-electron chi connectivity index (χ2n) is 6.83. The highest BCUT2D eigenvalue weighted by Crippen LogP contribution is 2.29. The third kappa shape index (κ3) is 4.47. The predicted octanol–water partition coefficient (Wildman–Crippen LogP) is 0.494. The van der Waals surface area contributed by atoms with E-state index in [1.54, 1.807) is 0 Å². The molecule has 0 spiro atoms. The van der Waals surface area contributed by atoms with Crippen molar-refractivity contribution in [3.05, 3.63) is 23.8 Å². The maximum atomic E-state index is 14.5. The van der Waals surface area contributed by atoms with Crippen LogP contribution in [0.5, 0.6) is 0 Å². The SMILES string of the molecule is O=C(O)CN1CCC(c2ncc(NC3CCC(O)NC3=O)cc2F)CC1. The lowest BCUT2D eigenvalue weighted by Crippen LogP contribution is -2.49. The van der Waals surface area contributed by atoms with E-state index in [-0.39, 0.29) is 18.4 Å². The Kier molecular flexibility index (Phi) is 5.67. The summed E-state index contributed by atoms with van der Waals surface area (Å²) in [5.41, 5.74) is 0.806. The Hall–Kier alpha value is -2.26. The summed E-state index contributed by atoms with van der Waals surface area (Å²) in [6, 6.07) is 0.814. The number of amides is 1. The summed E-state index contributed by atoms with van der Waals surface area (Å²) in [5.74, 6) is -1.65. The number of pyridine rings is 1. The number of halogens is 1. The molecule has 26 heavy (non-hydrogen) atoms. The van der Waals surface area contributed by atoms with Gasteiger partial charge in [0.05, 0.1) is 24.1 Å². The molecular formula is C17H23FN4O4. The molecule has 9 heteroatoms. The number of aliphatic hydroxyl groups is 1. The zero-order valence-electron chi connectivity index (χ0n) is 14.3. The first kappa shape index (κ1) is 18.5. The van der Waals surface area contributed by atoms with E-state index in [1.807, 2.05) is 4.90 Å². The van der Waals surface area contributed by atoms with Crippen LogP contribution in [-0.2, 0) is 9.59 Å². The third-order valence-electron chi connectivity index (χ3n) is 4.90. The molecule has 0 saturated carbocycles. The number of anilines is 1. The number of aliphatic hydroxyl groups excluding tert-OH is 1. The Morgan fingerprint density at radius 1 is 1.35 bits per heavy atom. The molecule has 2 fully saturated rings. The van der Waals surface area contributed by atoms with Crippen molar-refractivity contribution < 1.29 is 24.2 Å². The standard InChI is InChI=1S/C17H23FN4O4/c18-12-7-11(20-13-1-2-14(23)21-17(13)26)8-19-16(12)10-3-5-22(6-4-10)9-15(24)25/h7-8,10,13-14,20,23H,1-6,9H2,(H,21,26)(H,24,25). The zero-order valence-corrected chi connectivity index (χ0v) is 14.3. The number of aromatic nitrogens is 1. The first-order chi connectivity index (χ1) is 12.4. The van der Waals surface area contributed by atoms with Gasteiger partial charge < -0.3 is 20.8 Å². The Bertz CT molecular complexity index is 679. The van der Waals surface area contributed by atoms with Crippen molar-refractivity contribution in [2.45, 2.75) is 43.9 Å². The second-order valence-corrected chi connectivity index (χ2v) is 6.83. The van der Waals surface area contributed by atoms with Crippen LogP contribution in [0.3, 0.4) is 0 Å². The van der Waals surface area contributed by atoms with Crippen molar-refractivity contribution in [1.29, 1.82) is 0 Å². The van der Waals surface area contributed by atoms with Gasteiger partial charge in [0.25, 0.3) is 0 Å². The molecule has 2 atom stereocenters. The summed E-state index contributed by atoms with van der Waals surface area (Å²) in [7, 11) is 0. The van der Waals surface area contributed by atoms with Crippen LogP contribution in [0.1, 0.15) is 37.3 Å². The minimum absolute atomic E-state index is 0.00361. The minimum atomic E-state index is -0.859. The number of carboxylic acids is 1. The van der Waals surface area contributed by atoms with Gasteiger partial charge in [-0.3, -0.25) is 19.5 Å². The monoisotopic (exact) mass is 366 g/mol. The molecule has 4 N–H and O–H groups in total. The van der Waals surface area contributed by atoms with E-state index in [9.17, 15) is 19.1 Å². The van der Waals surface area contributed by atoms with Crippen molar-refractivity contribution in [2.24, 2.45) is 0 Å². The van der Waals surface area contributed by atoms with E-state index >= 15 is 0 Å². The molecule has 8 nitrogen and oxygen atoms in total. The van der Waals surface area contributed by atoms with E-state index in [0.717, 1.165) is 0 Å². The summed E-state index contributed by atoms with van der Waals surface area (Å²) >= 11 is 0. The number of nitrogens with zero attached hydrogens (tertiary/aromatic N) is 2. The lowest BCUT2D eigenvalue weighted by Gasteiger charge is -2.30. The normalized spacial score (nSPS) is 24.9. The fourth-order valence-corrected chi connectivity index (χ4v) is 3.52. The summed E-state index contributed by atoms with van der Waals surface area (Å²) < 4.78 is 14.5. The van der Waals surface area contributed by atoms with Crippen LogP contribution in [0.15, 0.2) is 12.3 Å². The quantitative estimate of drug-likeness (QED) is 0.600. The predicted molar refractivity (Wildman–Crippen MR) is 91.0 cm³/mol. The van der Waals surface area contributed by atoms with Crippen LogP contribution >= 0.6 is 0 Å². The largest absolute Gasteiger partial charge is 0.480 e. The lowest BCUT2D eigenvalue weighted by molar-refractivity contribution is -0.138. The van der Waals surface area contributed by atoms with Crippen LogP contribution in [0.4, 0.5) is 10.1 Å². The molecule has 1 amide bonds. The number of rotatable bonds is 5. The molecule has 0 bridgehead atoms. The van der Waals surface area contributed by atoms with E-state index in [1.165, 1.54) is 12.3 Å². The van der Waals surface area contributed by atoms with E-state index in [2.05, 4.69) is 15.6 Å². The molecule has 2 unspecified atom stereocenters. The molecule has 1 aromatic rings. The molecule has 0 radical (unpaired) electrons. The fourth-order valence-electron chi connectivity index (χ4n) is 3.52. The Balaban J connectivity index is 1.60. The van der Waals surface area contributed by atoms with Crippen LogP contribution in [0.25, 0.3) is 0 Å². The molecular weight excluding hydrogens is 343 g/mol. The average Bonchev–Trinajstić information content (AvgIpc) is 2.58. The van der Waals surface area contributed by atoms with Gasteiger partial charge in [0, 0.05) is 12.0 Å². The molecule has 1 aromatic heterocycles. The van der Waals surface area contributed by atoms with Gasteiger partial charge in [-0.15, -0.1) is 0 Å². The van der Waals surface area contributed by atoms with Crippen LogP contribution in [0, 0.1) is 5.82 Å². The van der Waals surface area contributed by atoms with Crippen molar-refractivity contribution >= 4 is 17.6 Å². The van der Waals surface area contributed by atoms with Crippen molar-refractivity contribution in [3.8, 4) is 0 Å². The number of piperidine rings is 2. The summed E-state index contributed by atoms with van der Waals surface area (Å²) in [6.07, 6.45) is 2.90. The number of nitrogens with one attached hydrogen (secondary N) is 2. The number of carbonyl (C=O) groups excluding carboxylic acids is 1. The van der Waals surface area contributed by atoms with Gasteiger partial charge in [-0.2, -0.15) is 0 Å². The highest BCUT2D eigenvalue weighted by molar-refractivity contribution is 5.85. The second kappa shape index (κ2) is 7.96. The number of hydrogen-bond acceptors (Lipinski definition) is 6. The van der Waals surface area contributed by atoms with Gasteiger partial charge in [0.1, 0.15) is 18.1 Å². The number of hydrogen-bond donors (Lipinski definition) is 4. The van der Waals surface area contributed by atoms with Gasteiger partial charge in [-0.1, -0.05) is 0 Å². The molecule has 3 heterocycles. The van der Waals surface area contributed by atoms with Crippen LogP contribution in [-0.4, -0.2) is 63.9 Å².